The van der Waals surface area contributed by atoms with Crippen LogP contribution in [0.4, 0.5) is 0 Å². The molecule has 0 heterocycles. The lowest BCUT2D eigenvalue weighted by molar-refractivity contribution is -0.156. The summed E-state index contributed by atoms with van der Waals surface area (Å²) in [6, 6.07) is 0. The van der Waals surface area contributed by atoms with Gasteiger partial charge in [-0.15, -0.1) is 0 Å². The molecule has 1 aliphatic rings. The highest BCUT2D eigenvalue weighted by Gasteiger charge is 2.51. The van der Waals surface area contributed by atoms with Crippen molar-refractivity contribution in [1.82, 2.24) is 5.32 Å². The molecule has 0 aromatic rings. The summed E-state index contributed by atoms with van der Waals surface area (Å²) in [5, 5.41) is 3.57. The van der Waals surface area contributed by atoms with E-state index in [1.54, 1.807) is 0 Å². The summed E-state index contributed by atoms with van der Waals surface area (Å²) in [5.41, 5.74) is -0.381. The molecule has 19 heavy (non-hydrogen) atoms. The predicted octanol–water partition coefficient (Wildman–Crippen LogP) is 3.38. The van der Waals surface area contributed by atoms with Crippen LogP contribution < -0.4 is 5.32 Å². The molecule has 1 rings (SSSR count). The number of methoxy groups -OCH3 is 1. The van der Waals surface area contributed by atoms with Gasteiger partial charge in [-0.3, -0.25) is 4.79 Å². The molecule has 2 atom stereocenters. The van der Waals surface area contributed by atoms with Crippen molar-refractivity contribution in [3.63, 3.8) is 0 Å². The average molecular weight is 269 g/mol. The van der Waals surface area contributed by atoms with Gasteiger partial charge in [0.1, 0.15) is 5.54 Å². The Bertz CT molecular complexity index is 306. The molecular formula is C16H31NO2. The Kier molecular flexibility index (Phi) is 5.43. The highest BCUT2D eigenvalue weighted by atomic mass is 16.5. The SMILES string of the molecule is COC(=O)C1(NCC(C)C)CCCCC1C(C)(C)C. The van der Waals surface area contributed by atoms with Gasteiger partial charge in [-0.2, -0.15) is 0 Å². The Morgan fingerprint density at radius 3 is 2.47 bits per heavy atom. The minimum atomic E-state index is -0.491. The first-order valence-electron chi connectivity index (χ1n) is 7.57. The zero-order chi connectivity index (χ0) is 14.7. The molecule has 3 nitrogen and oxygen atoms in total. The van der Waals surface area contributed by atoms with Gasteiger partial charge in [0.15, 0.2) is 0 Å². The smallest absolute Gasteiger partial charge is 0.326 e. The number of carbonyl (C=O) groups is 1. The Morgan fingerprint density at radius 2 is 2.00 bits per heavy atom. The van der Waals surface area contributed by atoms with Crippen molar-refractivity contribution in [1.29, 1.82) is 0 Å². The molecule has 0 spiro atoms. The molecule has 3 heteroatoms. The largest absolute Gasteiger partial charge is 0.468 e. The molecule has 1 aliphatic carbocycles. The van der Waals surface area contributed by atoms with Gasteiger partial charge >= 0.3 is 5.97 Å². The van der Waals surface area contributed by atoms with Gasteiger partial charge in [0, 0.05) is 0 Å². The minimum Gasteiger partial charge on any atom is -0.468 e. The first kappa shape index (κ1) is 16.5. The van der Waals surface area contributed by atoms with E-state index in [9.17, 15) is 4.79 Å². The second-order valence-corrected chi connectivity index (χ2v) is 7.40. The zero-order valence-corrected chi connectivity index (χ0v) is 13.5. The molecule has 0 saturated heterocycles. The van der Waals surface area contributed by atoms with Crippen molar-refractivity contribution in [2.45, 2.75) is 65.8 Å². The Morgan fingerprint density at radius 1 is 1.37 bits per heavy atom. The highest BCUT2D eigenvalue weighted by molar-refractivity contribution is 5.81. The summed E-state index contributed by atoms with van der Waals surface area (Å²) in [6.45, 7) is 11.9. The standard InChI is InChI=1S/C16H31NO2/c1-12(2)11-17-16(14(18)19-6)10-8-7-9-13(16)15(3,4)5/h12-13,17H,7-11H2,1-6H3. The molecule has 1 fully saturated rings. The van der Waals surface area contributed by atoms with E-state index in [2.05, 4.69) is 39.9 Å². The molecule has 112 valence electrons. The summed E-state index contributed by atoms with van der Waals surface area (Å²) >= 11 is 0. The normalized spacial score (nSPS) is 28.5. The number of ether oxygens (including phenoxy) is 1. The minimum absolute atomic E-state index is 0.0761. The fraction of sp³-hybridized carbons (Fsp3) is 0.938. The zero-order valence-electron chi connectivity index (χ0n) is 13.5. The summed E-state index contributed by atoms with van der Waals surface area (Å²) in [4.78, 5) is 12.5. The van der Waals surface area contributed by atoms with Gasteiger partial charge in [0.2, 0.25) is 0 Å². The van der Waals surface area contributed by atoms with Crippen LogP contribution in [0.5, 0.6) is 0 Å². The fourth-order valence-electron chi connectivity index (χ4n) is 3.44. The number of hydrogen-bond acceptors (Lipinski definition) is 3. The second kappa shape index (κ2) is 6.25. The van der Waals surface area contributed by atoms with Gasteiger partial charge < -0.3 is 10.1 Å². The number of hydrogen-bond donors (Lipinski definition) is 1. The molecule has 0 bridgehead atoms. The van der Waals surface area contributed by atoms with Crippen molar-refractivity contribution < 1.29 is 9.53 Å². The average Bonchev–Trinajstić information content (AvgIpc) is 2.34. The van der Waals surface area contributed by atoms with Crippen LogP contribution in [0.25, 0.3) is 0 Å². The third-order valence-electron chi connectivity index (χ3n) is 4.33. The molecule has 0 aliphatic heterocycles. The van der Waals surface area contributed by atoms with E-state index in [1.165, 1.54) is 13.5 Å². The Hall–Kier alpha value is -0.570. The first-order chi connectivity index (χ1) is 8.74. The van der Waals surface area contributed by atoms with Crippen LogP contribution in [-0.2, 0) is 9.53 Å². The van der Waals surface area contributed by atoms with Crippen molar-refractivity contribution in [3.8, 4) is 0 Å². The summed E-state index contributed by atoms with van der Waals surface area (Å²) in [6.07, 6.45) is 4.31. The van der Waals surface area contributed by atoms with Crippen LogP contribution in [0.1, 0.15) is 60.3 Å². The molecular weight excluding hydrogens is 238 g/mol. The Balaban J connectivity index is 3.06. The molecule has 0 aromatic heterocycles. The third kappa shape index (κ3) is 3.71. The van der Waals surface area contributed by atoms with E-state index >= 15 is 0 Å². The maximum atomic E-state index is 12.5. The van der Waals surface area contributed by atoms with Crippen LogP contribution in [0, 0.1) is 17.3 Å². The topological polar surface area (TPSA) is 38.3 Å². The van der Waals surface area contributed by atoms with E-state index in [-0.39, 0.29) is 11.4 Å². The van der Waals surface area contributed by atoms with Crippen LogP contribution in [0.15, 0.2) is 0 Å². The summed E-state index contributed by atoms with van der Waals surface area (Å²) in [5.74, 6) is 0.789. The lowest BCUT2D eigenvalue weighted by Crippen LogP contribution is -2.62. The fourth-order valence-corrected chi connectivity index (χ4v) is 3.44. The van der Waals surface area contributed by atoms with Gasteiger partial charge in [-0.1, -0.05) is 47.5 Å². The molecule has 0 radical (unpaired) electrons. The van der Waals surface area contributed by atoms with E-state index in [1.807, 2.05) is 0 Å². The van der Waals surface area contributed by atoms with E-state index in [0.717, 1.165) is 25.8 Å². The van der Waals surface area contributed by atoms with Gasteiger partial charge in [-0.25, -0.2) is 0 Å². The third-order valence-corrected chi connectivity index (χ3v) is 4.33. The molecule has 1 saturated carbocycles. The molecule has 0 aromatic carbocycles. The molecule has 0 amide bonds. The summed E-state index contributed by atoms with van der Waals surface area (Å²) < 4.78 is 5.15. The maximum Gasteiger partial charge on any atom is 0.326 e. The van der Waals surface area contributed by atoms with Crippen LogP contribution in [0.3, 0.4) is 0 Å². The number of nitrogens with one attached hydrogen (secondary N) is 1. The van der Waals surface area contributed by atoms with Crippen molar-refractivity contribution in [2.75, 3.05) is 13.7 Å². The maximum absolute atomic E-state index is 12.5. The monoisotopic (exact) mass is 269 g/mol. The van der Waals surface area contributed by atoms with Crippen LogP contribution >= 0.6 is 0 Å². The van der Waals surface area contributed by atoms with E-state index in [0.29, 0.717) is 11.8 Å². The summed E-state index contributed by atoms with van der Waals surface area (Å²) in [7, 11) is 1.51. The number of rotatable bonds is 4. The van der Waals surface area contributed by atoms with Crippen molar-refractivity contribution in [2.24, 2.45) is 17.3 Å². The first-order valence-corrected chi connectivity index (χ1v) is 7.57. The lowest BCUT2D eigenvalue weighted by atomic mass is 9.62. The van der Waals surface area contributed by atoms with Crippen LogP contribution in [-0.4, -0.2) is 25.2 Å². The van der Waals surface area contributed by atoms with Crippen LogP contribution in [0.2, 0.25) is 0 Å². The molecule has 1 N–H and O–H groups in total. The van der Waals surface area contributed by atoms with Gasteiger partial charge in [0.05, 0.1) is 7.11 Å². The lowest BCUT2D eigenvalue weighted by Gasteiger charge is -2.48. The number of carbonyl (C=O) groups excluding carboxylic acids is 1. The number of esters is 1. The van der Waals surface area contributed by atoms with Crippen molar-refractivity contribution >= 4 is 5.97 Å². The highest BCUT2D eigenvalue weighted by Crippen LogP contribution is 2.45. The van der Waals surface area contributed by atoms with Gasteiger partial charge in [-0.05, 0) is 36.6 Å². The van der Waals surface area contributed by atoms with Gasteiger partial charge in [0.25, 0.3) is 0 Å². The molecule has 2 unspecified atom stereocenters. The van der Waals surface area contributed by atoms with E-state index in [4.69, 9.17) is 4.74 Å². The quantitative estimate of drug-likeness (QED) is 0.795. The second-order valence-electron chi connectivity index (χ2n) is 7.40. The van der Waals surface area contributed by atoms with Crippen molar-refractivity contribution in [3.05, 3.63) is 0 Å². The Labute approximate surface area is 118 Å². The predicted molar refractivity (Wildman–Crippen MR) is 79.0 cm³/mol. The van der Waals surface area contributed by atoms with E-state index < -0.39 is 5.54 Å².